The largest absolute Gasteiger partial charge is 0.441 e. The molecule has 0 N–H and O–H groups in total. The maximum absolute atomic E-state index is 6.17. The van der Waals surface area contributed by atoms with E-state index in [9.17, 15) is 0 Å². The lowest BCUT2D eigenvalue weighted by molar-refractivity contribution is -0.0533. The molecular formula is C22H29NO3. The van der Waals surface area contributed by atoms with Gasteiger partial charge in [0.15, 0.2) is 0 Å². The fourth-order valence-electron chi connectivity index (χ4n) is 3.62. The van der Waals surface area contributed by atoms with Crippen molar-refractivity contribution in [1.82, 2.24) is 4.98 Å². The van der Waals surface area contributed by atoms with Crippen LogP contribution in [-0.4, -0.2) is 23.8 Å². The van der Waals surface area contributed by atoms with Gasteiger partial charge < -0.3 is 13.9 Å². The number of hydrogen-bond donors (Lipinski definition) is 0. The fourth-order valence-corrected chi connectivity index (χ4v) is 3.62. The van der Waals surface area contributed by atoms with Crippen molar-refractivity contribution in [3.05, 3.63) is 41.3 Å². The molecule has 1 aromatic carbocycles. The van der Waals surface area contributed by atoms with E-state index >= 15 is 0 Å². The first-order valence-electron chi connectivity index (χ1n) is 9.94. The summed E-state index contributed by atoms with van der Waals surface area (Å²) in [6.45, 7) is 5.50. The summed E-state index contributed by atoms with van der Waals surface area (Å²) in [5.41, 5.74) is 3.13. The predicted octanol–water partition coefficient (Wildman–Crippen LogP) is 5.21. The van der Waals surface area contributed by atoms with Crippen LogP contribution in [0.3, 0.4) is 0 Å². The molecule has 0 amide bonds. The topological polar surface area (TPSA) is 44.5 Å². The Kier molecular flexibility index (Phi) is 5.41. The zero-order chi connectivity index (χ0) is 17.9. The average molecular weight is 355 g/mol. The van der Waals surface area contributed by atoms with E-state index in [1.165, 1.54) is 31.2 Å². The Bertz CT molecular complexity index is 735. The molecule has 0 radical (unpaired) electrons. The van der Waals surface area contributed by atoms with E-state index in [2.05, 4.69) is 24.0 Å². The Morgan fingerprint density at radius 1 is 1.08 bits per heavy atom. The zero-order valence-corrected chi connectivity index (χ0v) is 15.9. The van der Waals surface area contributed by atoms with Crippen LogP contribution in [0, 0.1) is 19.8 Å². The number of rotatable bonds is 7. The van der Waals surface area contributed by atoms with E-state index < -0.39 is 0 Å². The van der Waals surface area contributed by atoms with Crippen LogP contribution in [0.5, 0.6) is 0 Å². The quantitative estimate of drug-likeness (QED) is 0.683. The smallest absolute Gasteiger partial charge is 0.226 e. The summed E-state index contributed by atoms with van der Waals surface area (Å²) in [6, 6.07) is 8.24. The highest BCUT2D eigenvalue weighted by Gasteiger charge is 2.27. The van der Waals surface area contributed by atoms with Crippen LogP contribution in [0.1, 0.15) is 55.5 Å². The number of hydrogen-bond acceptors (Lipinski definition) is 4. The highest BCUT2D eigenvalue weighted by Crippen LogP contribution is 2.32. The Labute approximate surface area is 155 Å². The molecule has 4 rings (SSSR count). The number of ether oxygens (including phenoxy) is 2. The zero-order valence-electron chi connectivity index (χ0n) is 15.9. The normalized spacial score (nSPS) is 23.3. The molecule has 2 aliphatic rings. The van der Waals surface area contributed by atoms with E-state index in [0.717, 1.165) is 42.4 Å². The molecule has 0 bridgehead atoms. The minimum atomic E-state index is 0.270. The molecule has 26 heavy (non-hydrogen) atoms. The maximum Gasteiger partial charge on any atom is 0.226 e. The monoisotopic (exact) mass is 355 g/mol. The molecule has 2 aromatic rings. The van der Waals surface area contributed by atoms with Crippen LogP contribution in [0.25, 0.3) is 11.5 Å². The van der Waals surface area contributed by atoms with Crippen molar-refractivity contribution in [2.75, 3.05) is 6.61 Å². The summed E-state index contributed by atoms with van der Waals surface area (Å²) in [6.07, 6.45) is 7.82. The number of nitrogens with zero attached hydrogens (tertiary/aromatic N) is 1. The molecule has 2 saturated carbocycles. The van der Waals surface area contributed by atoms with E-state index in [1.54, 1.807) is 0 Å². The first kappa shape index (κ1) is 17.7. The third-order valence-electron chi connectivity index (χ3n) is 5.46. The Hall–Kier alpha value is -1.65. The van der Waals surface area contributed by atoms with Gasteiger partial charge in [0.25, 0.3) is 0 Å². The van der Waals surface area contributed by atoms with Gasteiger partial charge in [0, 0.05) is 12.2 Å². The molecule has 0 unspecified atom stereocenters. The molecule has 2 atom stereocenters. The van der Waals surface area contributed by atoms with Gasteiger partial charge in [0.05, 0.1) is 18.8 Å². The minimum Gasteiger partial charge on any atom is -0.441 e. The van der Waals surface area contributed by atoms with Crippen molar-refractivity contribution in [3.63, 3.8) is 0 Å². The third kappa shape index (κ3) is 4.54. The Morgan fingerprint density at radius 3 is 2.65 bits per heavy atom. The number of oxazole rings is 1. The maximum atomic E-state index is 6.17. The summed E-state index contributed by atoms with van der Waals surface area (Å²) in [4.78, 5) is 4.67. The lowest BCUT2D eigenvalue weighted by Gasteiger charge is -2.29. The van der Waals surface area contributed by atoms with Gasteiger partial charge in [0.2, 0.25) is 5.89 Å². The van der Waals surface area contributed by atoms with Crippen molar-refractivity contribution >= 4 is 0 Å². The summed E-state index contributed by atoms with van der Waals surface area (Å²) in [7, 11) is 0. The molecule has 0 saturated heterocycles. The standard InChI is InChI=1S/C22H29NO3/c1-15-5-3-6-18(11-15)22-23-21(16(2)26-22)14-25-20-8-4-7-19(12-20)24-13-17-9-10-17/h3,5-6,11,17,19-20H,4,7-10,12-14H2,1-2H3/t19-,20+/m1/s1. The van der Waals surface area contributed by atoms with Crippen molar-refractivity contribution in [2.24, 2.45) is 5.92 Å². The molecule has 140 valence electrons. The lowest BCUT2D eigenvalue weighted by Crippen LogP contribution is -2.28. The molecule has 0 spiro atoms. The SMILES string of the molecule is Cc1cccc(-c2nc(CO[C@H]3CCC[C@@H](OCC4CC4)C3)c(C)o2)c1. The van der Waals surface area contributed by atoms with Crippen LogP contribution in [0.15, 0.2) is 28.7 Å². The minimum absolute atomic E-state index is 0.270. The second-order valence-corrected chi connectivity index (χ2v) is 7.89. The summed E-state index contributed by atoms with van der Waals surface area (Å²) < 4.78 is 18.1. The molecule has 4 heteroatoms. The number of benzene rings is 1. The van der Waals surface area contributed by atoms with Crippen LogP contribution in [-0.2, 0) is 16.1 Å². The van der Waals surface area contributed by atoms with Gasteiger partial charge >= 0.3 is 0 Å². The van der Waals surface area contributed by atoms with Gasteiger partial charge in [-0.25, -0.2) is 4.98 Å². The van der Waals surface area contributed by atoms with Crippen molar-refractivity contribution in [3.8, 4) is 11.5 Å². The molecule has 1 aromatic heterocycles. The Morgan fingerprint density at radius 2 is 1.88 bits per heavy atom. The van der Waals surface area contributed by atoms with Crippen molar-refractivity contribution in [2.45, 2.75) is 71.2 Å². The van der Waals surface area contributed by atoms with Crippen LogP contribution in [0.4, 0.5) is 0 Å². The van der Waals surface area contributed by atoms with Gasteiger partial charge in [-0.05, 0) is 70.4 Å². The highest BCUT2D eigenvalue weighted by atomic mass is 16.5. The highest BCUT2D eigenvalue weighted by molar-refractivity contribution is 5.54. The summed E-state index contributed by atoms with van der Waals surface area (Å²) >= 11 is 0. The fraction of sp³-hybridized carbons (Fsp3) is 0.591. The van der Waals surface area contributed by atoms with Gasteiger partial charge in [-0.1, -0.05) is 17.7 Å². The number of aromatic nitrogens is 1. The third-order valence-corrected chi connectivity index (χ3v) is 5.46. The summed E-state index contributed by atoms with van der Waals surface area (Å²) in [5.74, 6) is 2.35. The van der Waals surface area contributed by atoms with Gasteiger partial charge in [0.1, 0.15) is 11.5 Å². The van der Waals surface area contributed by atoms with Gasteiger partial charge in [-0.15, -0.1) is 0 Å². The van der Waals surface area contributed by atoms with Crippen LogP contribution in [0.2, 0.25) is 0 Å². The molecular weight excluding hydrogens is 326 g/mol. The molecule has 4 nitrogen and oxygen atoms in total. The van der Waals surface area contributed by atoms with E-state index in [4.69, 9.17) is 13.9 Å². The van der Waals surface area contributed by atoms with Crippen molar-refractivity contribution < 1.29 is 13.9 Å². The molecule has 0 aliphatic heterocycles. The number of aryl methyl sites for hydroxylation is 2. The Balaban J connectivity index is 1.32. The first-order valence-corrected chi connectivity index (χ1v) is 9.94. The molecule has 1 heterocycles. The average Bonchev–Trinajstić information content (AvgIpc) is 3.40. The van der Waals surface area contributed by atoms with Crippen LogP contribution >= 0.6 is 0 Å². The van der Waals surface area contributed by atoms with Crippen molar-refractivity contribution in [1.29, 1.82) is 0 Å². The van der Waals surface area contributed by atoms with E-state index in [0.29, 0.717) is 18.6 Å². The predicted molar refractivity (Wildman–Crippen MR) is 101 cm³/mol. The first-order chi connectivity index (χ1) is 12.7. The summed E-state index contributed by atoms with van der Waals surface area (Å²) in [5, 5.41) is 0. The van der Waals surface area contributed by atoms with Gasteiger partial charge in [-0.3, -0.25) is 0 Å². The molecule has 2 fully saturated rings. The second-order valence-electron chi connectivity index (χ2n) is 7.89. The lowest BCUT2D eigenvalue weighted by atomic mass is 9.95. The molecule has 2 aliphatic carbocycles. The van der Waals surface area contributed by atoms with E-state index in [1.807, 2.05) is 19.1 Å². The second kappa shape index (κ2) is 7.93. The van der Waals surface area contributed by atoms with E-state index in [-0.39, 0.29) is 6.10 Å². The van der Waals surface area contributed by atoms with Gasteiger partial charge in [-0.2, -0.15) is 0 Å². The van der Waals surface area contributed by atoms with Crippen LogP contribution < -0.4 is 0 Å².